The Morgan fingerprint density at radius 1 is 1.25 bits per heavy atom. The van der Waals surface area contributed by atoms with E-state index in [1.165, 1.54) is 51.7 Å². The summed E-state index contributed by atoms with van der Waals surface area (Å²) >= 11 is 0. The summed E-state index contributed by atoms with van der Waals surface area (Å²) in [6.07, 6.45) is 7.09. The summed E-state index contributed by atoms with van der Waals surface area (Å²) in [6, 6.07) is 0.646. The lowest BCUT2D eigenvalue weighted by molar-refractivity contribution is 0.253. The number of likely N-dealkylation sites (tertiary alicyclic amines) is 1. The molecule has 0 aromatic rings. The quantitative estimate of drug-likeness (QED) is 0.749. The van der Waals surface area contributed by atoms with Crippen LogP contribution in [0.15, 0.2) is 0 Å². The van der Waals surface area contributed by atoms with Gasteiger partial charge in [-0.3, -0.25) is 0 Å². The molecule has 1 aliphatic heterocycles. The Balaban J connectivity index is 2.24. The van der Waals surface area contributed by atoms with Crippen molar-refractivity contribution in [3.63, 3.8) is 0 Å². The minimum absolute atomic E-state index is 0.646. The molecule has 2 atom stereocenters. The van der Waals surface area contributed by atoms with E-state index >= 15 is 0 Å². The van der Waals surface area contributed by atoms with Crippen LogP contribution < -0.4 is 5.32 Å². The van der Waals surface area contributed by atoms with E-state index in [1.54, 1.807) is 0 Å². The molecule has 0 amide bonds. The van der Waals surface area contributed by atoms with Crippen LogP contribution >= 0.6 is 0 Å². The van der Waals surface area contributed by atoms with Crippen LogP contribution in [0.1, 0.15) is 52.9 Å². The molecule has 0 aliphatic carbocycles. The lowest BCUT2D eigenvalue weighted by Gasteiger charge is -2.24. The fraction of sp³-hybridized carbons (Fsp3) is 1.00. The fourth-order valence-electron chi connectivity index (χ4n) is 2.90. The Hall–Kier alpha value is -0.0800. The van der Waals surface area contributed by atoms with Gasteiger partial charge in [-0.2, -0.15) is 0 Å². The first kappa shape index (κ1) is 14.0. The van der Waals surface area contributed by atoms with E-state index in [0.29, 0.717) is 6.04 Å². The van der Waals surface area contributed by atoms with Crippen molar-refractivity contribution in [3.8, 4) is 0 Å². The van der Waals surface area contributed by atoms with Crippen molar-refractivity contribution in [1.82, 2.24) is 10.2 Å². The van der Waals surface area contributed by atoms with Gasteiger partial charge in [0.1, 0.15) is 0 Å². The Kier molecular flexibility index (Phi) is 7.06. The molecule has 2 nitrogen and oxygen atoms in total. The number of likely N-dealkylation sites (N-methyl/N-ethyl adjacent to an activating group) is 1. The molecule has 1 heterocycles. The first-order valence-electron chi connectivity index (χ1n) is 7.22. The van der Waals surface area contributed by atoms with E-state index in [-0.39, 0.29) is 0 Å². The predicted molar refractivity (Wildman–Crippen MR) is 71.8 cm³/mol. The predicted octanol–water partition coefficient (Wildman–Crippen LogP) is 2.89. The van der Waals surface area contributed by atoms with Gasteiger partial charge >= 0.3 is 0 Å². The third kappa shape index (κ3) is 5.31. The Morgan fingerprint density at radius 3 is 2.75 bits per heavy atom. The van der Waals surface area contributed by atoms with E-state index in [9.17, 15) is 0 Å². The van der Waals surface area contributed by atoms with Crippen LogP contribution in [-0.2, 0) is 0 Å². The average molecular weight is 226 g/mol. The molecule has 0 aromatic heterocycles. The van der Waals surface area contributed by atoms with Gasteiger partial charge in [0.2, 0.25) is 0 Å². The molecule has 1 rings (SSSR count). The highest BCUT2D eigenvalue weighted by atomic mass is 15.1. The molecular formula is C14H30N2. The van der Waals surface area contributed by atoms with E-state index < -0.39 is 0 Å². The van der Waals surface area contributed by atoms with Gasteiger partial charge in [-0.05, 0) is 51.7 Å². The summed E-state index contributed by atoms with van der Waals surface area (Å²) in [5, 5.41) is 3.51. The van der Waals surface area contributed by atoms with Gasteiger partial charge in [0.05, 0.1) is 0 Å². The summed E-state index contributed by atoms with van der Waals surface area (Å²) in [5.74, 6) is 1.00. The SMILES string of the molecule is CCCC1CCCN(CC(C)NCC)CC1. The fourth-order valence-corrected chi connectivity index (χ4v) is 2.90. The van der Waals surface area contributed by atoms with Gasteiger partial charge in [0, 0.05) is 12.6 Å². The number of nitrogens with one attached hydrogen (secondary N) is 1. The molecule has 2 unspecified atom stereocenters. The van der Waals surface area contributed by atoms with Crippen molar-refractivity contribution in [3.05, 3.63) is 0 Å². The zero-order valence-corrected chi connectivity index (χ0v) is 11.5. The van der Waals surface area contributed by atoms with Crippen LogP contribution in [0.5, 0.6) is 0 Å². The van der Waals surface area contributed by atoms with Crippen LogP contribution in [0, 0.1) is 5.92 Å². The smallest absolute Gasteiger partial charge is 0.0166 e. The van der Waals surface area contributed by atoms with Crippen LogP contribution in [0.2, 0.25) is 0 Å². The van der Waals surface area contributed by atoms with Crippen molar-refractivity contribution < 1.29 is 0 Å². The molecule has 0 radical (unpaired) electrons. The molecule has 1 saturated heterocycles. The molecular weight excluding hydrogens is 196 g/mol. The molecule has 0 bridgehead atoms. The topological polar surface area (TPSA) is 15.3 Å². The third-order valence-electron chi connectivity index (χ3n) is 3.72. The highest BCUT2D eigenvalue weighted by molar-refractivity contribution is 4.73. The van der Waals surface area contributed by atoms with Crippen molar-refractivity contribution in [1.29, 1.82) is 0 Å². The Bertz CT molecular complexity index is 170. The van der Waals surface area contributed by atoms with Crippen molar-refractivity contribution in [2.24, 2.45) is 5.92 Å². The zero-order chi connectivity index (χ0) is 11.8. The Labute approximate surface area is 102 Å². The maximum absolute atomic E-state index is 3.51. The third-order valence-corrected chi connectivity index (χ3v) is 3.72. The highest BCUT2D eigenvalue weighted by Gasteiger charge is 2.17. The van der Waals surface area contributed by atoms with Crippen molar-refractivity contribution in [2.45, 2.75) is 58.9 Å². The van der Waals surface area contributed by atoms with Crippen molar-refractivity contribution in [2.75, 3.05) is 26.2 Å². The summed E-state index contributed by atoms with van der Waals surface area (Å²) in [5.41, 5.74) is 0. The summed E-state index contributed by atoms with van der Waals surface area (Å²) in [4.78, 5) is 2.66. The van der Waals surface area contributed by atoms with Gasteiger partial charge in [-0.25, -0.2) is 0 Å². The van der Waals surface area contributed by atoms with Crippen molar-refractivity contribution >= 4 is 0 Å². The molecule has 1 fully saturated rings. The number of rotatable bonds is 6. The van der Waals surface area contributed by atoms with E-state index in [0.717, 1.165) is 12.5 Å². The monoisotopic (exact) mass is 226 g/mol. The van der Waals surface area contributed by atoms with E-state index in [1.807, 2.05) is 0 Å². The molecule has 96 valence electrons. The minimum atomic E-state index is 0.646. The first-order valence-corrected chi connectivity index (χ1v) is 7.22. The lowest BCUT2D eigenvalue weighted by Crippen LogP contribution is -2.39. The molecule has 1 N–H and O–H groups in total. The number of nitrogens with zero attached hydrogens (tertiary/aromatic N) is 1. The van der Waals surface area contributed by atoms with Gasteiger partial charge in [-0.1, -0.05) is 26.7 Å². The average Bonchev–Trinajstić information content (AvgIpc) is 2.45. The molecule has 1 aliphatic rings. The second kappa shape index (κ2) is 8.08. The first-order chi connectivity index (χ1) is 7.76. The highest BCUT2D eigenvalue weighted by Crippen LogP contribution is 2.21. The van der Waals surface area contributed by atoms with Crippen LogP contribution in [0.25, 0.3) is 0 Å². The number of hydrogen-bond acceptors (Lipinski definition) is 2. The standard InChI is InChI=1S/C14H30N2/c1-4-7-14-8-6-10-16(11-9-14)12-13(3)15-5-2/h13-15H,4-12H2,1-3H3. The largest absolute Gasteiger partial charge is 0.313 e. The molecule has 0 saturated carbocycles. The maximum atomic E-state index is 3.51. The molecule has 0 spiro atoms. The Morgan fingerprint density at radius 2 is 2.06 bits per heavy atom. The summed E-state index contributed by atoms with van der Waals surface area (Å²) < 4.78 is 0. The lowest BCUT2D eigenvalue weighted by atomic mass is 9.96. The minimum Gasteiger partial charge on any atom is -0.313 e. The van der Waals surface area contributed by atoms with Gasteiger partial charge in [-0.15, -0.1) is 0 Å². The number of hydrogen-bond donors (Lipinski definition) is 1. The second-order valence-electron chi connectivity index (χ2n) is 5.34. The molecule has 2 heteroatoms. The van der Waals surface area contributed by atoms with Gasteiger partial charge in [0.15, 0.2) is 0 Å². The van der Waals surface area contributed by atoms with E-state index in [4.69, 9.17) is 0 Å². The van der Waals surface area contributed by atoms with E-state index in [2.05, 4.69) is 31.0 Å². The maximum Gasteiger partial charge on any atom is 0.0166 e. The molecule has 0 aromatic carbocycles. The van der Waals surface area contributed by atoms with Crippen LogP contribution in [0.4, 0.5) is 0 Å². The van der Waals surface area contributed by atoms with Gasteiger partial charge < -0.3 is 10.2 Å². The van der Waals surface area contributed by atoms with Gasteiger partial charge in [0.25, 0.3) is 0 Å². The zero-order valence-electron chi connectivity index (χ0n) is 11.5. The summed E-state index contributed by atoms with van der Waals surface area (Å²) in [7, 11) is 0. The summed E-state index contributed by atoms with van der Waals surface area (Å²) in [6.45, 7) is 11.8. The van der Waals surface area contributed by atoms with Crippen LogP contribution in [-0.4, -0.2) is 37.1 Å². The normalized spacial score (nSPS) is 25.3. The molecule has 16 heavy (non-hydrogen) atoms. The van der Waals surface area contributed by atoms with Crippen LogP contribution in [0.3, 0.4) is 0 Å². The second-order valence-corrected chi connectivity index (χ2v) is 5.34.